The number of hydrogen-bond acceptors (Lipinski definition) is 4. The molecule has 0 atom stereocenters. The smallest absolute Gasteiger partial charge is 0.198 e. The van der Waals surface area contributed by atoms with E-state index in [1.54, 1.807) is 0 Å². The fourth-order valence-corrected chi connectivity index (χ4v) is 2.58. The molecule has 8 heteroatoms. The topological polar surface area (TPSA) is 65.2 Å². The first-order valence-electron chi connectivity index (χ1n) is 7.61. The predicted molar refractivity (Wildman–Crippen MR) is 90.3 cm³/mol. The van der Waals surface area contributed by atoms with E-state index in [4.69, 9.17) is 10.5 Å². The van der Waals surface area contributed by atoms with Crippen molar-refractivity contribution >= 4 is 11.5 Å². The molecule has 1 heterocycles. The lowest BCUT2D eigenvalue weighted by Crippen LogP contribution is -2.10. The highest BCUT2D eigenvalue weighted by Gasteiger charge is 2.23. The molecule has 0 radical (unpaired) electrons. The van der Waals surface area contributed by atoms with Gasteiger partial charge in [-0.3, -0.25) is 9.78 Å². The number of halogens is 4. The molecule has 4 nitrogen and oxygen atoms in total. The molecule has 0 unspecified atom stereocenters. The van der Waals surface area contributed by atoms with Crippen molar-refractivity contribution in [3.63, 3.8) is 0 Å². The first-order chi connectivity index (χ1) is 12.8. The van der Waals surface area contributed by atoms with E-state index in [-0.39, 0.29) is 22.7 Å². The third-order valence-corrected chi connectivity index (χ3v) is 3.90. The number of pyridine rings is 1. The van der Waals surface area contributed by atoms with E-state index >= 15 is 0 Å². The molecule has 0 fully saturated rings. The summed E-state index contributed by atoms with van der Waals surface area (Å²) in [4.78, 5) is 16.4. The monoisotopic (exact) mass is 376 g/mol. The Morgan fingerprint density at radius 2 is 1.63 bits per heavy atom. The molecule has 1 aromatic heterocycles. The summed E-state index contributed by atoms with van der Waals surface area (Å²) in [5, 5.41) is 0. The van der Waals surface area contributed by atoms with Gasteiger partial charge in [-0.1, -0.05) is 0 Å². The Hall–Kier alpha value is -3.42. The second-order valence-corrected chi connectivity index (χ2v) is 5.54. The van der Waals surface area contributed by atoms with Crippen molar-refractivity contribution in [2.24, 2.45) is 0 Å². The molecular formula is C19H12F4N2O2. The lowest BCUT2D eigenvalue weighted by molar-refractivity contribution is 0.103. The second kappa shape index (κ2) is 7.06. The molecule has 0 aliphatic carbocycles. The maximum absolute atomic E-state index is 14.3. The Balaban J connectivity index is 2.14. The summed E-state index contributed by atoms with van der Waals surface area (Å²) in [6.45, 7) is 0. The van der Waals surface area contributed by atoms with Gasteiger partial charge in [0.15, 0.2) is 5.78 Å². The van der Waals surface area contributed by atoms with Gasteiger partial charge in [0.05, 0.1) is 29.6 Å². The molecule has 0 saturated carbocycles. The van der Waals surface area contributed by atoms with E-state index < -0.39 is 40.2 Å². The number of aromatic nitrogens is 1. The van der Waals surface area contributed by atoms with Gasteiger partial charge >= 0.3 is 0 Å². The van der Waals surface area contributed by atoms with Gasteiger partial charge in [0.2, 0.25) is 0 Å². The van der Waals surface area contributed by atoms with Crippen molar-refractivity contribution in [2.45, 2.75) is 0 Å². The number of hydrogen-bond donors (Lipinski definition) is 1. The summed E-state index contributed by atoms with van der Waals surface area (Å²) in [5.41, 5.74) is 4.03. The van der Waals surface area contributed by atoms with Crippen LogP contribution in [0, 0.1) is 23.3 Å². The number of carbonyl (C=O) groups excluding carboxylic acids is 1. The molecule has 3 aromatic rings. The molecule has 3 rings (SSSR count). The lowest BCUT2D eigenvalue weighted by Gasteiger charge is -2.12. The van der Waals surface area contributed by atoms with Crippen LogP contribution in [0.4, 0.5) is 23.2 Å². The lowest BCUT2D eigenvalue weighted by atomic mass is 9.98. The number of ketones is 1. The molecular weight excluding hydrogens is 364 g/mol. The summed E-state index contributed by atoms with van der Waals surface area (Å²) in [5.74, 6) is -4.85. The third-order valence-electron chi connectivity index (χ3n) is 3.90. The Morgan fingerprint density at radius 3 is 2.22 bits per heavy atom. The third kappa shape index (κ3) is 3.33. The van der Waals surface area contributed by atoms with Crippen LogP contribution < -0.4 is 10.5 Å². The quantitative estimate of drug-likeness (QED) is 0.549. The maximum Gasteiger partial charge on any atom is 0.198 e. The van der Waals surface area contributed by atoms with Crippen molar-refractivity contribution in [1.82, 2.24) is 4.98 Å². The van der Waals surface area contributed by atoms with Crippen molar-refractivity contribution in [1.29, 1.82) is 0 Å². The van der Waals surface area contributed by atoms with Crippen LogP contribution in [0.15, 0.2) is 42.6 Å². The molecule has 138 valence electrons. The zero-order chi connectivity index (χ0) is 19.7. The molecule has 0 spiro atoms. The van der Waals surface area contributed by atoms with Crippen molar-refractivity contribution in [2.75, 3.05) is 12.8 Å². The van der Waals surface area contributed by atoms with Gasteiger partial charge in [-0.25, -0.2) is 17.6 Å². The van der Waals surface area contributed by atoms with Gasteiger partial charge < -0.3 is 10.5 Å². The highest BCUT2D eigenvalue weighted by Crippen LogP contribution is 2.34. The van der Waals surface area contributed by atoms with Crippen LogP contribution in [-0.4, -0.2) is 17.9 Å². The SMILES string of the molecule is COc1cc(F)c(-c2nccc(C(=O)c3ccc(F)cc3F)c2N)c(F)c1. The van der Waals surface area contributed by atoms with Crippen LogP contribution in [0.1, 0.15) is 15.9 Å². The first kappa shape index (κ1) is 18.4. The zero-order valence-corrected chi connectivity index (χ0v) is 13.9. The number of ether oxygens (including phenoxy) is 1. The fraction of sp³-hybridized carbons (Fsp3) is 0.0526. The van der Waals surface area contributed by atoms with E-state index in [1.807, 2.05) is 0 Å². The number of nitrogens with two attached hydrogens (primary N) is 1. The van der Waals surface area contributed by atoms with Gasteiger partial charge in [-0.15, -0.1) is 0 Å². The van der Waals surface area contributed by atoms with Crippen molar-refractivity contribution in [3.8, 4) is 17.0 Å². The first-order valence-corrected chi connectivity index (χ1v) is 7.61. The highest BCUT2D eigenvalue weighted by atomic mass is 19.1. The average molecular weight is 376 g/mol. The minimum Gasteiger partial charge on any atom is -0.497 e. The van der Waals surface area contributed by atoms with E-state index in [2.05, 4.69) is 4.98 Å². The van der Waals surface area contributed by atoms with Crippen LogP contribution in [0.5, 0.6) is 5.75 Å². The summed E-state index contributed by atoms with van der Waals surface area (Å²) >= 11 is 0. The van der Waals surface area contributed by atoms with Crippen LogP contribution in [-0.2, 0) is 0 Å². The van der Waals surface area contributed by atoms with Gasteiger partial charge in [0.1, 0.15) is 29.0 Å². The molecule has 0 amide bonds. The number of carbonyl (C=O) groups is 1. The van der Waals surface area contributed by atoms with E-state index in [0.717, 1.165) is 30.5 Å². The molecule has 0 bridgehead atoms. The largest absolute Gasteiger partial charge is 0.497 e. The van der Waals surface area contributed by atoms with Crippen LogP contribution >= 0.6 is 0 Å². The highest BCUT2D eigenvalue weighted by molar-refractivity contribution is 6.13. The van der Waals surface area contributed by atoms with Crippen LogP contribution in [0.2, 0.25) is 0 Å². The number of nitrogen functional groups attached to an aromatic ring is 1. The van der Waals surface area contributed by atoms with Gasteiger partial charge in [-0.2, -0.15) is 0 Å². The van der Waals surface area contributed by atoms with E-state index in [9.17, 15) is 22.4 Å². The van der Waals surface area contributed by atoms with Crippen molar-refractivity contribution < 1.29 is 27.1 Å². The Kier molecular flexibility index (Phi) is 4.81. The minimum atomic E-state index is -1.08. The standard InChI is InChI=1S/C19H12F4N2O2/c1-27-10-7-14(22)16(15(23)8-10)18-17(24)12(4-5-25-18)19(26)11-3-2-9(20)6-13(11)21/h2-8H,24H2,1H3. The van der Waals surface area contributed by atoms with Gasteiger partial charge in [0, 0.05) is 30.0 Å². The molecule has 27 heavy (non-hydrogen) atoms. The normalized spacial score (nSPS) is 10.7. The van der Waals surface area contributed by atoms with Crippen LogP contribution in [0.25, 0.3) is 11.3 Å². The Labute approximate surface area is 151 Å². The number of benzene rings is 2. The molecule has 2 aromatic carbocycles. The van der Waals surface area contributed by atoms with E-state index in [1.165, 1.54) is 13.2 Å². The number of nitrogens with zero attached hydrogens (tertiary/aromatic N) is 1. The summed E-state index contributed by atoms with van der Waals surface area (Å²) in [7, 11) is 1.25. The fourth-order valence-electron chi connectivity index (χ4n) is 2.58. The summed E-state index contributed by atoms with van der Waals surface area (Å²) in [6.07, 6.45) is 1.11. The van der Waals surface area contributed by atoms with E-state index in [0.29, 0.717) is 6.07 Å². The number of rotatable bonds is 4. The minimum absolute atomic E-state index is 0.0482. The number of anilines is 1. The second-order valence-electron chi connectivity index (χ2n) is 5.54. The molecule has 0 aliphatic rings. The predicted octanol–water partition coefficient (Wildman–Crippen LogP) is 4.13. The molecule has 0 saturated heterocycles. The maximum atomic E-state index is 14.3. The number of methoxy groups -OCH3 is 1. The summed E-state index contributed by atoms with van der Waals surface area (Å²) < 4.78 is 60.4. The van der Waals surface area contributed by atoms with Gasteiger partial charge in [-0.05, 0) is 18.2 Å². The zero-order valence-electron chi connectivity index (χ0n) is 13.9. The van der Waals surface area contributed by atoms with Crippen molar-refractivity contribution in [3.05, 3.63) is 77.0 Å². The Morgan fingerprint density at radius 1 is 0.963 bits per heavy atom. The molecule has 2 N–H and O–H groups in total. The molecule has 0 aliphatic heterocycles. The average Bonchev–Trinajstić information content (AvgIpc) is 2.62. The van der Waals surface area contributed by atoms with Gasteiger partial charge in [0.25, 0.3) is 0 Å². The summed E-state index contributed by atoms with van der Waals surface area (Å²) in [6, 6.07) is 5.48. The Bertz CT molecular complexity index is 1030. The van der Waals surface area contributed by atoms with Crippen LogP contribution in [0.3, 0.4) is 0 Å².